The second kappa shape index (κ2) is 8.24. The SMILES string of the molecule is Cc1ccccc1-n1c(SCc2ccccc2[N+](=O)[O-])nnc1-c1cccnc1. The summed E-state index contributed by atoms with van der Waals surface area (Å²) in [6, 6.07) is 18.5. The maximum absolute atomic E-state index is 11.3. The molecule has 0 bridgehead atoms. The van der Waals surface area contributed by atoms with E-state index >= 15 is 0 Å². The highest BCUT2D eigenvalue weighted by molar-refractivity contribution is 7.98. The quantitative estimate of drug-likeness (QED) is 0.260. The number of nitro groups is 1. The summed E-state index contributed by atoms with van der Waals surface area (Å²) >= 11 is 1.42. The summed E-state index contributed by atoms with van der Waals surface area (Å²) < 4.78 is 1.98. The number of aryl methyl sites for hydroxylation is 1. The molecule has 0 saturated carbocycles. The van der Waals surface area contributed by atoms with Gasteiger partial charge >= 0.3 is 0 Å². The number of hydrogen-bond acceptors (Lipinski definition) is 6. The Kier molecular flexibility index (Phi) is 5.35. The van der Waals surface area contributed by atoms with Gasteiger partial charge in [-0.25, -0.2) is 0 Å². The maximum atomic E-state index is 11.3. The lowest BCUT2D eigenvalue weighted by Gasteiger charge is -2.12. The molecule has 4 rings (SSSR count). The molecule has 2 aromatic carbocycles. The Labute approximate surface area is 171 Å². The zero-order valence-electron chi connectivity index (χ0n) is 15.6. The molecule has 8 heteroatoms. The lowest BCUT2D eigenvalue weighted by atomic mass is 10.2. The lowest BCUT2D eigenvalue weighted by molar-refractivity contribution is -0.385. The highest BCUT2D eigenvalue weighted by Gasteiger charge is 2.19. The lowest BCUT2D eigenvalue weighted by Crippen LogP contribution is -2.02. The number of nitro benzene ring substituents is 1. The first-order valence-electron chi connectivity index (χ1n) is 8.92. The molecule has 29 heavy (non-hydrogen) atoms. The average molecular weight is 403 g/mol. The van der Waals surface area contributed by atoms with Crippen LogP contribution in [0.25, 0.3) is 17.1 Å². The molecule has 0 saturated heterocycles. The summed E-state index contributed by atoms with van der Waals surface area (Å²) in [6.07, 6.45) is 3.46. The third kappa shape index (κ3) is 3.88. The van der Waals surface area contributed by atoms with Crippen LogP contribution < -0.4 is 0 Å². The van der Waals surface area contributed by atoms with Gasteiger partial charge in [0.25, 0.3) is 5.69 Å². The van der Waals surface area contributed by atoms with Crippen LogP contribution in [0.1, 0.15) is 11.1 Å². The standard InChI is InChI=1S/C21H17N5O2S/c1-15-7-2-4-10-18(15)25-20(16-9-6-12-22-13-16)23-24-21(25)29-14-17-8-3-5-11-19(17)26(27)28/h2-13H,14H2,1H3. The highest BCUT2D eigenvalue weighted by atomic mass is 32.2. The molecule has 0 aliphatic rings. The van der Waals surface area contributed by atoms with E-state index in [1.54, 1.807) is 30.6 Å². The van der Waals surface area contributed by atoms with Crippen molar-refractivity contribution in [1.82, 2.24) is 19.7 Å². The first-order valence-corrected chi connectivity index (χ1v) is 9.90. The van der Waals surface area contributed by atoms with Gasteiger partial charge < -0.3 is 0 Å². The van der Waals surface area contributed by atoms with Crippen molar-refractivity contribution in [2.45, 2.75) is 17.8 Å². The van der Waals surface area contributed by atoms with Crippen molar-refractivity contribution in [3.8, 4) is 17.1 Å². The molecule has 4 aromatic rings. The van der Waals surface area contributed by atoms with Gasteiger partial charge in [0.05, 0.1) is 10.6 Å². The van der Waals surface area contributed by atoms with Gasteiger partial charge in [0.15, 0.2) is 11.0 Å². The minimum atomic E-state index is -0.358. The van der Waals surface area contributed by atoms with Crippen LogP contribution in [0.5, 0.6) is 0 Å². The molecule has 0 unspecified atom stereocenters. The Bertz CT molecular complexity index is 1160. The first kappa shape index (κ1) is 18.8. The van der Waals surface area contributed by atoms with Gasteiger partial charge in [-0.05, 0) is 30.7 Å². The number of para-hydroxylation sites is 2. The average Bonchev–Trinajstić information content (AvgIpc) is 3.17. The van der Waals surface area contributed by atoms with E-state index in [0.29, 0.717) is 22.3 Å². The number of nitrogens with zero attached hydrogens (tertiary/aromatic N) is 5. The van der Waals surface area contributed by atoms with E-state index < -0.39 is 0 Å². The van der Waals surface area contributed by atoms with Crippen molar-refractivity contribution in [3.05, 3.63) is 94.3 Å². The number of aromatic nitrogens is 4. The molecule has 0 spiro atoms. The smallest absolute Gasteiger partial charge is 0.270 e. The fraction of sp³-hybridized carbons (Fsp3) is 0.0952. The van der Waals surface area contributed by atoms with Gasteiger partial charge in [-0.15, -0.1) is 10.2 Å². The summed E-state index contributed by atoms with van der Waals surface area (Å²) in [4.78, 5) is 15.1. The topological polar surface area (TPSA) is 86.7 Å². The van der Waals surface area contributed by atoms with Crippen LogP contribution in [0.3, 0.4) is 0 Å². The fourth-order valence-electron chi connectivity index (χ4n) is 3.03. The van der Waals surface area contributed by atoms with Gasteiger partial charge in [0, 0.05) is 35.3 Å². The van der Waals surface area contributed by atoms with Gasteiger partial charge in [0.2, 0.25) is 0 Å². The summed E-state index contributed by atoms with van der Waals surface area (Å²) in [7, 11) is 0. The van der Waals surface area contributed by atoms with Crippen molar-refractivity contribution in [1.29, 1.82) is 0 Å². The predicted molar refractivity (Wildman–Crippen MR) is 112 cm³/mol. The van der Waals surface area contributed by atoms with Gasteiger partial charge in [-0.1, -0.05) is 48.2 Å². The van der Waals surface area contributed by atoms with E-state index in [2.05, 4.69) is 15.2 Å². The van der Waals surface area contributed by atoms with Crippen LogP contribution in [0, 0.1) is 17.0 Å². The second-order valence-electron chi connectivity index (χ2n) is 6.34. The number of thioether (sulfide) groups is 1. The van der Waals surface area contributed by atoms with E-state index in [-0.39, 0.29) is 10.6 Å². The zero-order valence-corrected chi connectivity index (χ0v) is 16.4. The number of pyridine rings is 1. The highest BCUT2D eigenvalue weighted by Crippen LogP contribution is 2.32. The predicted octanol–water partition coefficient (Wildman–Crippen LogP) is 4.84. The Morgan fingerprint density at radius 3 is 2.59 bits per heavy atom. The van der Waals surface area contributed by atoms with Crippen LogP contribution in [0.15, 0.2) is 78.2 Å². The van der Waals surface area contributed by atoms with Crippen LogP contribution in [-0.4, -0.2) is 24.7 Å². The Morgan fingerprint density at radius 2 is 1.83 bits per heavy atom. The van der Waals surface area contributed by atoms with Crippen LogP contribution in [0.2, 0.25) is 0 Å². The number of rotatable bonds is 6. The third-order valence-electron chi connectivity index (χ3n) is 4.45. The van der Waals surface area contributed by atoms with E-state index in [9.17, 15) is 10.1 Å². The fourth-order valence-corrected chi connectivity index (χ4v) is 3.97. The minimum Gasteiger partial charge on any atom is -0.270 e. The summed E-state index contributed by atoms with van der Waals surface area (Å²) in [5, 5.41) is 20.7. The van der Waals surface area contributed by atoms with Crippen molar-refractivity contribution < 1.29 is 4.92 Å². The first-order chi connectivity index (χ1) is 14.1. The molecule has 0 N–H and O–H groups in total. The van der Waals surface area contributed by atoms with Crippen molar-refractivity contribution in [2.24, 2.45) is 0 Å². The monoisotopic (exact) mass is 403 g/mol. The molecular formula is C21H17N5O2S. The molecule has 0 aliphatic carbocycles. The Morgan fingerprint density at radius 1 is 1.03 bits per heavy atom. The minimum absolute atomic E-state index is 0.106. The molecule has 7 nitrogen and oxygen atoms in total. The van der Waals surface area contributed by atoms with Crippen LogP contribution >= 0.6 is 11.8 Å². The Hall–Kier alpha value is -3.52. The second-order valence-corrected chi connectivity index (χ2v) is 7.29. The summed E-state index contributed by atoms with van der Waals surface area (Å²) in [6.45, 7) is 2.03. The van der Waals surface area contributed by atoms with Crippen molar-refractivity contribution in [3.63, 3.8) is 0 Å². The third-order valence-corrected chi connectivity index (χ3v) is 5.43. The molecule has 0 radical (unpaired) electrons. The van der Waals surface area contributed by atoms with E-state index in [4.69, 9.17) is 0 Å². The van der Waals surface area contributed by atoms with Crippen LogP contribution in [-0.2, 0) is 5.75 Å². The van der Waals surface area contributed by atoms with Gasteiger partial charge in [0.1, 0.15) is 0 Å². The molecule has 0 atom stereocenters. The van der Waals surface area contributed by atoms with Gasteiger partial charge in [-0.3, -0.25) is 19.7 Å². The largest absolute Gasteiger partial charge is 0.273 e. The number of hydrogen-bond donors (Lipinski definition) is 0. The molecule has 144 valence electrons. The van der Waals surface area contributed by atoms with E-state index in [1.807, 2.05) is 47.9 Å². The molecule has 0 amide bonds. The molecule has 0 aliphatic heterocycles. The van der Waals surface area contributed by atoms with Crippen molar-refractivity contribution in [2.75, 3.05) is 0 Å². The molecule has 0 fully saturated rings. The zero-order chi connectivity index (χ0) is 20.2. The van der Waals surface area contributed by atoms with E-state index in [1.165, 1.54) is 17.8 Å². The normalized spacial score (nSPS) is 10.8. The molecular weight excluding hydrogens is 386 g/mol. The van der Waals surface area contributed by atoms with E-state index in [0.717, 1.165) is 16.8 Å². The van der Waals surface area contributed by atoms with Crippen molar-refractivity contribution >= 4 is 17.4 Å². The van der Waals surface area contributed by atoms with Crippen LogP contribution in [0.4, 0.5) is 5.69 Å². The maximum Gasteiger partial charge on any atom is 0.273 e. The molecule has 2 heterocycles. The Balaban J connectivity index is 1.76. The number of benzene rings is 2. The summed E-state index contributed by atoms with van der Waals surface area (Å²) in [5.41, 5.74) is 3.63. The summed E-state index contributed by atoms with van der Waals surface area (Å²) in [5.74, 6) is 1.09. The van der Waals surface area contributed by atoms with Gasteiger partial charge in [-0.2, -0.15) is 0 Å². The molecule has 2 aromatic heterocycles.